The van der Waals surface area contributed by atoms with Gasteiger partial charge in [0.25, 0.3) is 0 Å². The molecule has 6 heteroatoms. The number of benzene rings is 2. The second-order valence-electron chi connectivity index (χ2n) is 9.42. The normalized spacial score (nSPS) is 25.5. The van der Waals surface area contributed by atoms with E-state index in [-0.39, 0.29) is 23.5 Å². The molecule has 5 nitrogen and oxygen atoms in total. The number of amides is 1. The smallest absolute Gasteiger partial charge is 0.337 e. The van der Waals surface area contributed by atoms with E-state index in [9.17, 15) is 14.0 Å². The van der Waals surface area contributed by atoms with E-state index >= 15 is 0 Å². The van der Waals surface area contributed by atoms with Crippen LogP contribution in [0.25, 0.3) is 0 Å². The average Bonchev–Trinajstić information content (AvgIpc) is 3.75. The summed E-state index contributed by atoms with van der Waals surface area (Å²) in [4.78, 5) is 27.5. The Labute approximate surface area is 187 Å². The molecule has 1 N–H and O–H groups in total. The lowest BCUT2D eigenvalue weighted by atomic mass is 9.98. The number of piperidine rings is 1. The van der Waals surface area contributed by atoms with Crippen LogP contribution < -0.4 is 5.32 Å². The van der Waals surface area contributed by atoms with Gasteiger partial charge in [0.05, 0.1) is 24.3 Å². The van der Waals surface area contributed by atoms with Crippen LogP contribution in [-0.4, -0.2) is 36.0 Å². The van der Waals surface area contributed by atoms with E-state index < -0.39 is 6.67 Å². The van der Waals surface area contributed by atoms with Crippen molar-refractivity contribution in [3.05, 3.63) is 70.8 Å². The minimum Gasteiger partial charge on any atom is -0.465 e. The van der Waals surface area contributed by atoms with Gasteiger partial charge >= 0.3 is 5.97 Å². The van der Waals surface area contributed by atoms with Crippen molar-refractivity contribution in [2.45, 2.75) is 62.9 Å². The lowest BCUT2D eigenvalue weighted by Crippen LogP contribution is -2.52. The van der Waals surface area contributed by atoms with E-state index in [1.54, 1.807) is 12.1 Å². The molecule has 2 aliphatic carbocycles. The summed E-state index contributed by atoms with van der Waals surface area (Å²) in [7, 11) is 1.37. The quantitative estimate of drug-likeness (QED) is 0.664. The molecule has 1 heterocycles. The molecule has 5 rings (SSSR count). The van der Waals surface area contributed by atoms with Crippen molar-refractivity contribution in [2.75, 3.05) is 7.11 Å². The van der Waals surface area contributed by atoms with Crippen LogP contribution in [-0.2, 0) is 28.3 Å². The van der Waals surface area contributed by atoms with Crippen LogP contribution in [0.4, 0.5) is 4.39 Å². The molecule has 2 unspecified atom stereocenters. The molecule has 0 aromatic heterocycles. The first kappa shape index (κ1) is 21.1. The van der Waals surface area contributed by atoms with E-state index in [0.717, 1.165) is 43.2 Å². The molecule has 0 spiro atoms. The van der Waals surface area contributed by atoms with Gasteiger partial charge in [-0.2, -0.15) is 0 Å². The Morgan fingerprint density at radius 3 is 2.38 bits per heavy atom. The third-order valence-electron chi connectivity index (χ3n) is 7.34. The maximum absolute atomic E-state index is 13.4. The Morgan fingerprint density at radius 2 is 1.75 bits per heavy atom. The summed E-state index contributed by atoms with van der Waals surface area (Å²) < 4.78 is 17.6. The summed E-state index contributed by atoms with van der Waals surface area (Å²) in [5.74, 6) is 0.428. The fourth-order valence-electron chi connectivity index (χ4n) is 5.14. The molecule has 1 aliphatic heterocycles. The molecule has 2 aromatic carbocycles. The zero-order valence-corrected chi connectivity index (χ0v) is 18.4. The van der Waals surface area contributed by atoms with Crippen LogP contribution in [0, 0.1) is 5.92 Å². The fourth-order valence-corrected chi connectivity index (χ4v) is 5.14. The highest BCUT2D eigenvalue weighted by molar-refractivity contribution is 5.89. The third kappa shape index (κ3) is 4.04. The molecule has 0 radical (unpaired) electrons. The fraction of sp³-hybridized carbons (Fsp3) is 0.462. The van der Waals surface area contributed by atoms with Crippen molar-refractivity contribution in [3.8, 4) is 0 Å². The van der Waals surface area contributed by atoms with Crippen molar-refractivity contribution < 1.29 is 18.7 Å². The first-order valence-electron chi connectivity index (χ1n) is 11.4. The number of rotatable bonds is 7. The lowest BCUT2D eigenvalue weighted by molar-refractivity contribution is -0.129. The van der Waals surface area contributed by atoms with Crippen LogP contribution in [0.15, 0.2) is 48.5 Å². The van der Waals surface area contributed by atoms with E-state index in [1.165, 1.54) is 7.11 Å². The Hall–Kier alpha value is -2.73. The number of carbonyl (C=O) groups is 2. The maximum atomic E-state index is 13.4. The number of hydrogen-bond acceptors (Lipinski definition) is 4. The summed E-state index contributed by atoms with van der Waals surface area (Å²) in [5.41, 5.74) is 3.01. The van der Waals surface area contributed by atoms with Gasteiger partial charge in [-0.25, -0.2) is 9.18 Å². The van der Waals surface area contributed by atoms with Crippen molar-refractivity contribution in [1.82, 2.24) is 10.2 Å². The van der Waals surface area contributed by atoms with Gasteiger partial charge in [-0.15, -0.1) is 0 Å². The standard InChI is InChI=1S/C26H29FN2O3/c1-32-25(31)19-6-9-21(10-7-19)26(12-13-26)28-24(30)22-11-8-20-14-23(20)29(22)16-18-4-2-17(15-27)3-5-18/h2-7,9-10,20,22-23H,8,11-16H2,1H3,(H,28,30)/t20?,22-,23?/m1/s1. The number of nitrogens with zero attached hydrogens (tertiary/aromatic N) is 1. The average molecular weight is 437 g/mol. The van der Waals surface area contributed by atoms with Crippen molar-refractivity contribution in [3.63, 3.8) is 0 Å². The summed E-state index contributed by atoms with van der Waals surface area (Å²) >= 11 is 0. The molecule has 0 bridgehead atoms. The Morgan fingerprint density at radius 1 is 1.06 bits per heavy atom. The number of alkyl halides is 1. The van der Waals surface area contributed by atoms with E-state index in [2.05, 4.69) is 10.2 Å². The molecular formula is C26H29FN2O3. The molecule has 2 saturated carbocycles. The van der Waals surface area contributed by atoms with Gasteiger partial charge < -0.3 is 10.1 Å². The van der Waals surface area contributed by atoms with E-state index in [0.29, 0.717) is 29.6 Å². The minimum absolute atomic E-state index is 0.0882. The predicted octanol–water partition coefficient (Wildman–Crippen LogP) is 4.10. The molecular weight excluding hydrogens is 407 g/mol. The highest BCUT2D eigenvalue weighted by Crippen LogP contribution is 2.48. The number of ether oxygens (including phenoxy) is 1. The Kier molecular flexibility index (Phi) is 5.49. The highest BCUT2D eigenvalue weighted by Gasteiger charge is 2.52. The summed E-state index contributed by atoms with van der Waals surface area (Å²) in [6.45, 7) is 0.259. The molecule has 168 valence electrons. The van der Waals surface area contributed by atoms with Crippen molar-refractivity contribution in [1.29, 1.82) is 0 Å². The summed E-state index contributed by atoms with van der Waals surface area (Å²) in [6, 6.07) is 15.3. The molecule has 3 aliphatic rings. The van der Waals surface area contributed by atoms with Crippen LogP contribution in [0.3, 0.4) is 0 Å². The molecule has 1 saturated heterocycles. The minimum atomic E-state index is -0.456. The number of hydrogen-bond donors (Lipinski definition) is 1. The first-order valence-corrected chi connectivity index (χ1v) is 11.4. The maximum Gasteiger partial charge on any atom is 0.337 e. The molecule has 3 fully saturated rings. The molecule has 3 atom stereocenters. The number of halogens is 1. The predicted molar refractivity (Wildman–Crippen MR) is 119 cm³/mol. The number of nitrogens with one attached hydrogen (secondary N) is 1. The second-order valence-corrected chi connectivity index (χ2v) is 9.42. The Bertz CT molecular complexity index is 1000. The molecule has 2 aromatic rings. The van der Waals surface area contributed by atoms with Crippen LogP contribution in [0.2, 0.25) is 0 Å². The van der Waals surface area contributed by atoms with Gasteiger partial charge in [-0.3, -0.25) is 9.69 Å². The second kappa shape index (κ2) is 8.32. The number of esters is 1. The molecule has 1 amide bonds. The number of fused-ring (bicyclic) bond motifs is 1. The number of carbonyl (C=O) groups excluding carboxylic acids is 2. The Balaban J connectivity index is 1.29. The summed E-state index contributed by atoms with van der Waals surface area (Å²) in [5, 5.41) is 3.34. The zero-order chi connectivity index (χ0) is 22.3. The highest BCUT2D eigenvalue weighted by atomic mass is 19.1. The van der Waals surface area contributed by atoms with E-state index in [1.807, 2.05) is 36.4 Å². The topological polar surface area (TPSA) is 58.6 Å². The van der Waals surface area contributed by atoms with Crippen molar-refractivity contribution in [2.24, 2.45) is 5.92 Å². The van der Waals surface area contributed by atoms with Gasteiger partial charge in [-0.05, 0) is 66.8 Å². The van der Waals surface area contributed by atoms with Gasteiger partial charge in [0.2, 0.25) is 5.91 Å². The largest absolute Gasteiger partial charge is 0.465 e. The van der Waals surface area contributed by atoms with Crippen LogP contribution in [0.1, 0.15) is 59.2 Å². The van der Waals surface area contributed by atoms with Gasteiger partial charge in [0.1, 0.15) is 6.67 Å². The van der Waals surface area contributed by atoms with Gasteiger partial charge in [0.15, 0.2) is 0 Å². The van der Waals surface area contributed by atoms with Crippen LogP contribution >= 0.6 is 0 Å². The molecule has 32 heavy (non-hydrogen) atoms. The SMILES string of the molecule is COC(=O)c1ccc(C2(NC(=O)[C@H]3CCC4CC4N3Cc3ccc(CF)cc3)CC2)cc1. The van der Waals surface area contributed by atoms with Crippen molar-refractivity contribution >= 4 is 11.9 Å². The van der Waals surface area contributed by atoms with Gasteiger partial charge in [-0.1, -0.05) is 36.4 Å². The number of likely N-dealkylation sites (tertiary alicyclic amines) is 1. The number of methoxy groups -OCH3 is 1. The monoisotopic (exact) mass is 436 g/mol. The zero-order valence-electron chi connectivity index (χ0n) is 18.4. The summed E-state index contributed by atoms with van der Waals surface area (Å²) in [6.07, 6.45) is 4.93. The van der Waals surface area contributed by atoms with Gasteiger partial charge in [0, 0.05) is 12.6 Å². The third-order valence-corrected chi connectivity index (χ3v) is 7.34. The lowest BCUT2D eigenvalue weighted by Gasteiger charge is -2.36. The van der Waals surface area contributed by atoms with Crippen LogP contribution in [0.5, 0.6) is 0 Å². The van der Waals surface area contributed by atoms with E-state index in [4.69, 9.17) is 4.74 Å². The first-order chi connectivity index (χ1) is 15.5.